The Morgan fingerprint density at radius 2 is 2.00 bits per heavy atom. The molecule has 196 valence electrons. The maximum absolute atomic E-state index is 13.7. The highest BCUT2D eigenvalue weighted by Crippen LogP contribution is 2.55. The monoisotopic (exact) mass is 501 g/mol. The fraction of sp³-hybridized carbons (Fsp3) is 0.630. The number of benzene rings is 1. The van der Waals surface area contributed by atoms with E-state index in [1.807, 2.05) is 19.1 Å². The molecular weight excluding hydrogens is 466 g/mol. The highest BCUT2D eigenvalue weighted by Gasteiger charge is 2.59. The molecule has 4 aliphatic rings. The molecule has 1 aromatic rings. The van der Waals surface area contributed by atoms with Gasteiger partial charge < -0.3 is 28.8 Å². The molecule has 5 rings (SSSR count). The maximum Gasteiger partial charge on any atom is 0.339 e. The van der Waals surface area contributed by atoms with E-state index in [1.165, 1.54) is 7.11 Å². The van der Waals surface area contributed by atoms with Crippen LogP contribution in [0.25, 0.3) is 0 Å². The molecule has 5 atom stereocenters. The summed E-state index contributed by atoms with van der Waals surface area (Å²) in [4.78, 5) is 28.3. The molecule has 36 heavy (non-hydrogen) atoms. The second kappa shape index (κ2) is 9.27. The molecule has 1 saturated heterocycles. The van der Waals surface area contributed by atoms with Crippen LogP contribution in [0.5, 0.6) is 11.5 Å². The van der Waals surface area contributed by atoms with Crippen LogP contribution in [-0.4, -0.2) is 73.3 Å². The highest BCUT2D eigenvalue weighted by molar-refractivity contribution is 5.86. The summed E-state index contributed by atoms with van der Waals surface area (Å²) in [6.45, 7) is 5.55. The van der Waals surface area contributed by atoms with E-state index in [0.717, 1.165) is 49.2 Å². The van der Waals surface area contributed by atoms with Crippen LogP contribution in [-0.2, 0) is 30.2 Å². The van der Waals surface area contributed by atoms with Gasteiger partial charge in [-0.3, -0.25) is 9.69 Å². The fourth-order valence-electron chi connectivity index (χ4n) is 6.39. The van der Waals surface area contributed by atoms with Crippen LogP contribution in [0.2, 0.25) is 0 Å². The molecule has 0 radical (unpaired) electrons. The average Bonchev–Trinajstić information content (AvgIpc) is 3.56. The van der Waals surface area contributed by atoms with Crippen molar-refractivity contribution in [1.82, 2.24) is 4.90 Å². The molecule has 0 bridgehead atoms. The van der Waals surface area contributed by atoms with Crippen LogP contribution in [0.15, 0.2) is 24.0 Å². The average molecular weight is 502 g/mol. The van der Waals surface area contributed by atoms with Gasteiger partial charge in [0.05, 0.1) is 32.1 Å². The van der Waals surface area contributed by atoms with Gasteiger partial charge in [0.25, 0.3) is 0 Å². The zero-order valence-corrected chi connectivity index (χ0v) is 21.4. The Kier molecular flexibility index (Phi) is 6.41. The second-order valence-corrected chi connectivity index (χ2v) is 10.3. The standard InChI is InChI=1S/C27H35NO8/c1-5-16(2)27(31,14-22(29)33-4)25(30)36-24-21(32-3)13-26-8-6-9-28(26)10-7-17-11-19-20(35-15-34-19)12-18(17)23(24)26/h11-13,16,23-24,31H,5-10,14-15H2,1-4H3/t16-,23?,24-,26-,27+/m1/s1. The Labute approximate surface area is 211 Å². The molecule has 0 saturated carbocycles. The Morgan fingerprint density at radius 3 is 2.69 bits per heavy atom. The lowest BCUT2D eigenvalue weighted by atomic mass is 9.77. The molecule has 3 aliphatic heterocycles. The number of carbonyl (C=O) groups is 2. The van der Waals surface area contributed by atoms with E-state index in [9.17, 15) is 14.7 Å². The number of fused-ring (bicyclic) bond motifs is 3. The van der Waals surface area contributed by atoms with Crippen LogP contribution >= 0.6 is 0 Å². The number of methoxy groups -OCH3 is 2. The van der Waals surface area contributed by atoms with E-state index in [0.29, 0.717) is 17.9 Å². The number of aliphatic hydroxyl groups is 1. The first kappa shape index (κ1) is 24.9. The van der Waals surface area contributed by atoms with Gasteiger partial charge in [0.15, 0.2) is 23.2 Å². The zero-order chi connectivity index (χ0) is 25.7. The smallest absolute Gasteiger partial charge is 0.339 e. The Morgan fingerprint density at radius 1 is 1.25 bits per heavy atom. The van der Waals surface area contributed by atoms with Gasteiger partial charge in [-0.15, -0.1) is 0 Å². The molecule has 9 nitrogen and oxygen atoms in total. The summed E-state index contributed by atoms with van der Waals surface area (Å²) in [5.74, 6) is -0.347. The van der Waals surface area contributed by atoms with Gasteiger partial charge in [-0.25, -0.2) is 4.79 Å². The number of rotatable bonds is 7. The molecule has 1 N–H and O–H groups in total. The van der Waals surface area contributed by atoms with Crippen LogP contribution in [0, 0.1) is 5.92 Å². The molecule has 9 heteroatoms. The van der Waals surface area contributed by atoms with Gasteiger partial charge in [-0.2, -0.15) is 0 Å². The van der Waals surface area contributed by atoms with Crippen molar-refractivity contribution in [2.45, 2.75) is 69.1 Å². The fourth-order valence-corrected chi connectivity index (χ4v) is 6.39. The first-order chi connectivity index (χ1) is 17.3. The van der Waals surface area contributed by atoms with Crippen molar-refractivity contribution in [3.8, 4) is 11.5 Å². The van der Waals surface area contributed by atoms with Gasteiger partial charge in [-0.05, 0) is 61.1 Å². The summed E-state index contributed by atoms with van der Waals surface area (Å²) in [7, 11) is 2.81. The summed E-state index contributed by atoms with van der Waals surface area (Å²) >= 11 is 0. The molecular formula is C27H35NO8. The van der Waals surface area contributed by atoms with E-state index in [2.05, 4.69) is 11.0 Å². The van der Waals surface area contributed by atoms with Gasteiger partial charge >= 0.3 is 11.9 Å². The molecule has 3 heterocycles. The first-order valence-corrected chi connectivity index (χ1v) is 12.7. The summed E-state index contributed by atoms with van der Waals surface area (Å²) < 4.78 is 28.1. The van der Waals surface area contributed by atoms with Crippen molar-refractivity contribution in [3.63, 3.8) is 0 Å². The summed E-state index contributed by atoms with van der Waals surface area (Å²) in [5.41, 5.74) is -0.248. The summed E-state index contributed by atoms with van der Waals surface area (Å²) in [6, 6.07) is 4.04. The van der Waals surface area contributed by atoms with Gasteiger partial charge in [-0.1, -0.05) is 20.3 Å². The van der Waals surface area contributed by atoms with Crippen LogP contribution in [0.4, 0.5) is 0 Å². The third-order valence-corrected chi connectivity index (χ3v) is 8.62. The predicted molar refractivity (Wildman–Crippen MR) is 129 cm³/mol. The minimum atomic E-state index is -2.02. The van der Waals surface area contributed by atoms with Gasteiger partial charge in [0.1, 0.15) is 5.76 Å². The predicted octanol–water partition coefficient (Wildman–Crippen LogP) is 2.69. The van der Waals surface area contributed by atoms with E-state index < -0.39 is 36.0 Å². The number of nitrogens with zero attached hydrogens (tertiary/aromatic N) is 1. The molecule has 1 aliphatic carbocycles. The first-order valence-electron chi connectivity index (χ1n) is 12.7. The number of ether oxygens (including phenoxy) is 5. The van der Waals surface area contributed by atoms with E-state index in [1.54, 1.807) is 14.0 Å². The lowest BCUT2D eigenvalue weighted by Crippen LogP contribution is -2.51. The Bertz CT molecular complexity index is 1090. The van der Waals surface area contributed by atoms with E-state index in [4.69, 9.17) is 23.7 Å². The normalized spacial score (nSPS) is 28.6. The third-order valence-electron chi connectivity index (χ3n) is 8.62. The van der Waals surface area contributed by atoms with Crippen molar-refractivity contribution < 1.29 is 38.4 Å². The van der Waals surface area contributed by atoms with Crippen LogP contribution < -0.4 is 9.47 Å². The van der Waals surface area contributed by atoms with Crippen molar-refractivity contribution in [1.29, 1.82) is 0 Å². The SMILES string of the molecule is CC[C@@H](C)[C@@](O)(CC(=O)OC)C(=O)O[C@@H]1C(OC)=C[C@@]23CCCN2CCc2cc4c(cc2C13)OCO4. The quantitative estimate of drug-likeness (QED) is 0.565. The van der Waals surface area contributed by atoms with Crippen molar-refractivity contribution >= 4 is 11.9 Å². The molecule has 1 spiro atoms. The molecule has 1 aromatic carbocycles. The number of hydrogen-bond donors (Lipinski definition) is 1. The topological polar surface area (TPSA) is 104 Å². The zero-order valence-electron chi connectivity index (χ0n) is 21.4. The molecule has 1 unspecified atom stereocenters. The van der Waals surface area contributed by atoms with Crippen LogP contribution in [0.1, 0.15) is 56.6 Å². The minimum Gasteiger partial charge on any atom is -0.497 e. The maximum atomic E-state index is 13.7. The summed E-state index contributed by atoms with van der Waals surface area (Å²) in [6.07, 6.45) is 4.08. The van der Waals surface area contributed by atoms with Crippen molar-refractivity contribution in [3.05, 3.63) is 35.1 Å². The Balaban J connectivity index is 1.57. The second-order valence-electron chi connectivity index (χ2n) is 10.3. The number of esters is 2. The van der Waals surface area contributed by atoms with Crippen molar-refractivity contribution in [2.24, 2.45) is 5.92 Å². The number of hydrogen-bond acceptors (Lipinski definition) is 9. The van der Waals surface area contributed by atoms with Crippen LogP contribution in [0.3, 0.4) is 0 Å². The van der Waals surface area contributed by atoms with E-state index in [-0.39, 0.29) is 18.2 Å². The lowest BCUT2D eigenvalue weighted by Gasteiger charge is -2.40. The minimum absolute atomic E-state index is 0.176. The Hall–Kier alpha value is -2.78. The van der Waals surface area contributed by atoms with E-state index >= 15 is 0 Å². The largest absolute Gasteiger partial charge is 0.497 e. The molecule has 0 aromatic heterocycles. The molecule has 0 amide bonds. The summed E-state index contributed by atoms with van der Waals surface area (Å²) in [5, 5.41) is 11.4. The third kappa shape index (κ3) is 3.75. The van der Waals surface area contributed by atoms with Gasteiger partial charge in [0.2, 0.25) is 6.79 Å². The lowest BCUT2D eigenvalue weighted by molar-refractivity contribution is -0.183. The number of carbonyl (C=O) groups excluding carboxylic acids is 2. The van der Waals surface area contributed by atoms with Gasteiger partial charge in [0, 0.05) is 6.54 Å². The van der Waals surface area contributed by atoms with Crippen molar-refractivity contribution in [2.75, 3.05) is 34.1 Å². The highest BCUT2D eigenvalue weighted by atomic mass is 16.7. The molecule has 1 fully saturated rings.